The van der Waals surface area contributed by atoms with Crippen LogP contribution in [0.15, 0.2) is 24.3 Å². The number of benzene rings is 1. The summed E-state index contributed by atoms with van der Waals surface area (Å²) in [4.78, 5) is 0. The second-order valence-electron chi connectivity index (χ2n) is 5.21. The zero-order valence-corrected chi connectivity index (χ0v) is 11.7. The average molecular weight is 273 g/mol. The van der Waals surface area contributed by atoms with E-state index in [2.05, 4.69) is 17.4 Å². The van der Waals surface area contributed by atoms with E-state index < -0.39 is 12.6 Å². The Balaban J connectivity index is 2.35. The number of alkyl halides is 3. The third-order valence-electron chi connectivity index (χ3n) is 3.21. The van der Waals surface area contributed by atoms with E-state index in [1.165, 1.54) is 5.56 Å². The quantitative estimate of drug-likeness (QED) is 0.787. The molecule has 4 heteroatoms. The Bertz CT molecular complexity index is 370. The van der Waals surface area contributed by atoms with Crippen LogP contribution in [0.1, 0.15) is 50.3 Å². The van der Waals surface area contributed by atoms with E-state index in [4.69, 9.17) is 0 Å². The molecule has 0 fully saturated rings. The number of hydrogen-bond donors (Lipinski definition) is 1. The van der Waals surface area contributed by atoms with E-state index in [0.717, 1.165) is 5.56 Å². The second-order valence-corrected chi connectivity index (χ2v) is 5.21. The Labute approximate surface area is 113 Å². The molecule has 0 saturated carbocycles. The Morgan fingerprint density at radius 1 is 1.11 bits per heavy atom. The molecular formula is C15H22F3N. The maximum atomic E-state index is 12.1. The molecule has 1 N–H and O–H groups in total. The summed E-state index contributed by atoms with van der Waals surface area (Å²) < 4.78 is 36.2. The van der Waals surface area contributed by atoms with Crippen molar-refractivity contribution in [2.75, 3.05) is 0 Å². The van der Waals surface area contributed by atoms with Crippen LogP contribution in [-0.2, 0) is 0 Å². The van der Waals surface area contributed by atoms with Crippen LogP contribution in [0.4, 0.5) is 13.2 Å². The molecule has 1 aromatic carbocycles. The number of aryl methyl sites for hydroxylation is 1. The second kappa shape index (κ2) is 6.94. The van der Waals surface area contributed by atoms with Crippen LogP contribution in [0.25, 0.3) is 0 Å². The summed E-state index contributed by atoms with van der Waals surface area (Å²) in [6, 6.07) is 8.43. The minimum absolute atomic E-state index is 0.0821. The van der Waals surface area contributed by atoms with Crippen molar-refractivity contribution in [3.63, 3.8) is 0 Å². The van der Waals surface area contributed by atoms with Crippen LogP contribution in [0.3, 0.4) is 0 Å². The highest BCUT2D eigenvalue weighted by atomic mass is 19.4. The van der Waals surface area contributed by atoms with Crippen LogP contribution in [0.5, 0.6) is 0 Å². The topological polar surface area (TPSA) is 12.0 Å². The molecular weight excluding hydrogens is 251 g/mol. The monoisotopic (exact) mass is 273 g/mol. The lowest BCUT2D eigenvalue weighted by Crippen LogP contribution is -2.29. The molecule has 2 atom stereocenters. The van der Waals surface area contributed by atoms with Gasteiger partial charge in [0.1, 0.15) is 0 Å². The summed E-state index contributed by atoms with van der Waals surface area (Å²) in [7, 11) is 0. The van der Waals surface area contributed by atoms with Gasteiger partial charge in [-0.3, -0.25) is 0 Å². The minimum atomic E-state index is -4.04. The standard InChI is InChI=1S/C15H22F3N/c1-11-6-8-14(9-7-11)13(3)19-12(2)5-4-10-15(16,17)18/h6-9,12-13,19H,4-5,10H2,1-3H3/t12?,13-/m0/s1. The van der Waals surface area contributed by atoms with Gasteiger partial charge in [0.15, 0.2) is 0 Å². The molecule has 108 valence electrons. The Morgan fingerprint density at radius 2 is 1.68 bits per heavy atom. The number of hydrogen-bond acceptors (Lipinski definition) is 1. The van der Waals surface area contributed by atoms with Gasteiger partial charge in [-0.1, -0.05) is 29.8 Å². The lowest BCUT2D eigenvalue weighted by molar-refractivity contribution is -0.135. The molecule has 1 unspecified atom stereocenters. The Kier molecular flexibility index (Phi) is 5.85. The highest BCUT2D eigenvalue weighted by Crippen LogP contribution is 2.23. The van der Waals surface area contributed by atoms with Crippen molar-refractivity contribution >= 4 is 0 Å². The maximum Gasteiger partial charge on any atom is 0.389 e. The third kappa shape index (κ3) is 6.62. The largest absolute Gasteiger partial charge is 0.389 e. The molecule has 0 aliphatic rings. The van der Waals surface area contributed by atoms with Crippen molar-refractivity contribution in [2.24, 2.45) is 0 Å². The van der Waals surface area contributed by atoms with Gasteiger partial charge in [-0.05, 0) is 39.2 Å². The predicted molar refractivity (Wildman–Crippen MR) is 72.1 cm³/mol. The van der Waals surface area contributed by atoms with Crippen LogP contribution in [-0.4, -0.2) is 12.2 Å². The first-order valence-electron chi connectivity index (χ1n) is 6.67. The first kappa shape index (κ1) is 16.0. The molecule has 0 aliphatic carbocycles. The molecule has 0 bridgehead atoms. The van der Waals surface area contributed by atoms with Gasteiger partial charge in [0.25, 0.3) is 0 Å². The lowest BCUT2D eigenvalue weighted by Gasteiger charge is -2.20. The maximum absolute atomic E-state index is 12.1. The predicted octanol–water partition coefficient (Wildman–Crippen LogP) is 4.77. The Morgan fingerprint density at radius 3 is 2.21 bits per heavy atom. The normalized spacial score (nSPS) is 15.3. The van der Waals surface area contributed by atoms with Gasteiger partial charge in [0.05, 0.1) is 0 Å². The van der Waals surface area contributed by atoms with Crippen LogP contribution in [0.2, 0.25) is 0 Å². The number of rotatable bonds is 6. The zero-order valence-electron chi connectivity index (χ0n) is 11.7. The summed E-state index contributed by atoms with van der Waals surface area (Å²) in [5.74, 6) is 0. The van der Waals surface area contributed by atoms with Crippen molar-refractivity contribution in [3.8, 4) is 0 Å². The first-order chi connectivity index (χ1) is 8.78. The first-order valence-corrected chi connectivity index (χ1v) is 6.67. The molecule has 0 aliphatic heterocycles. The van der Waals surface area contributed by atoms with Crippen molar-refractivity contribution in [1.29, 1.82) is 0 Å². The van der Waals surface area contributed by atoms with Gasteiger partial charge in [-0.15, -0.1) is 0 Å². The van der Waals surface area contributed by atoms with E-state index in [0.29, 0.717) is 6.42 Å². The van der Waals surface area contributed by atoms with Gasteiger partial charge in [0, 0.05) is 18.5 Å². The molecule has 0 spiro atoms. The van der Waals surface area contributed by atoms with E-state index >= 15 is 0 Å². The molecule has 0 aromatic heterocycles. The number of halogens is 3. The fourth-order valence-corrected chi connectivity index (χ4v) is 2.07. The van der Waals surface area contributed by atoms with Crippen molar-refractivity contribution in [3.05, 3.63) is 35.4 Å². The average Bonchev–Trinajstić information content (AvgIpc) is 2.27. The molecule has 19 heavy (non-hydrogen) atoms. The summed E-state index contributed by atoms with van der Waals surface area (Å²) in [6.45, 7) is 5.99. The summed E-state index contributed by atoms with van der Waals surface area (Å²) in [5.41, 5.74) is 2.36. The lowest BCUT2D eigenvalue weighted by atomic mass is 10.0. The highest BCUT2D eigenvalue weighted by molar-refractivity contribution is 5.23. The van der Waals surface area contributed by atoms with Crippen molar-refractivity contribution in [2.45, 2.75) is 58.3 Å². The van der Waals surface area contributed by atoms with Gasteiger partial charge >= 0.3 is 6.18 Å². The Hall–Kier alpha value is -1.03. The van der Waals surface area contributed by atoms with Crippen LogP contribution < -0.4 is 5.32 Å². The van der Waals surface area contributed by atoms with Crippen LogP contribution in [0, 0.1) is 6.92 Å². The fraction of sp³-hybridized carbons (Fsp3) is 0.600. The van der Waals surface area contributed by atoms with Gasteiger partial charge < -0.3 is 5.32 Å². The third-order valence-corrected chi connectivity index (χ3v) is 3.21. The van der Waals surface area contributed by atoms with Gasteiger partial charge in [-0.2, -0.15) is 13.2 Å². The zero-order chi connectivity index (χ0) is 14.5. The molecule has 1 rings (SSSR count). The van der Waals surface area contributed by atoms with E-state index in [-0.39, 0.29) is 18.5 Å². The SMILES string of the molecule is Cc1ccc([C@H](C)NC(C)CCCC(F)(F)F)cc1. The van der Waals surface area contributed by atoms with E-state index in [1.807, 2.05) is 32.9 Å². The summed E-state index contributed by atoms with van der Waals surface area (Å²) >= 11 is 0. The van der Waals surface area contributed by atoms with Crippen molar-refractivity contribution in [1.82, 2.24) is 5.32 Å². The molecule has 0 amide bonds. The molecule has 0 radical (unpaired) electrons. The molecule has 0 saturated heterocycles. The summed E-state index contributed by atoms with van der Waals surface area (Å²) in [5, 5.41) is 3.33. The van der Waals surface area contributed by atoms with E-state index in [9.17, 15) is 13.2 Å². The molecule has 1 aromatic rings. The van der Waals surface area contributed by atoms with E-state index in [1.54, 1.807) is 0 Å². The molecule has 1 nitrogen and oxygen atoms in total. The minimum Gasteiger partial charge on any atom is -0.308 e. The van der Waals surface area contributed by atoms with Crippen LogP contribution >= 0.6 is 0 Å². The summed E-state index contributed by atoms with van der Waals surface area (Å²) in [6.07, 6.45) is -4.02. The van der Waals surface area contributed by atoms with Gasteiger partial charge in [-0.25, -0.2) is 0 Å². The number of nitrogens with one attached hydrogen (secondary N) is 1. The smallest absolute Gasteiger partial charge is 0.308 e. The van der Waals surface area contributed by atoms with Crippen molar-refractivity contribution < 1.29 is 13.2 Å². The molecule has 0 heterocycles. The van der Waals surface area contributed by atoms with Gasteiger partial charge in [0.2, 0.25) is 0 Å². The highest BCUT2D eigenvalue weighted by Gasteiger charge is 2.26. The fourth-order valence-electron chi connectivity index (χ4n) is 2.07.